The molecular weight excluding hydrogens is 255 g/mol. The molecule has 6 nitrogen and oxygen atoms in total. The van der Waals surface area contributed by atoms with Crippen LogP contribution in [0.15, 0.2) is 29.4 Å². The zero-order valence-electron chi connectivity index (χ0n) is 9.90. The molecule has 7 heteroatoms. The van der Waals surface area contributed by atoms with Gasteiger partial charge in [0.15, 0.2) is 6.04 Å². The number of hydrogen-bond donors (Lipinski definition) is 3. The van der Waals surface area contributed by atoms with Crippen LogP contribution in [0.4, 0.5) is 4.39 Å². The van der Waals surface area contributed by atoms with Gasteiger partial charge in [-0.25, -0.2) is 14.2 Å². The highest BCUT2D eigenvalue weighted by molar-refractivity contribution is 5.80. The number of carbonyl (C=O) groups is 1. The normalized spacial score (nSPS) is 21.4. The summed E-state index contributed by atoms with van der Waals surface area (Å²) in [6.45, 7) is -0.764. The molecule has 0 aliphatic carbocycles. The van der Waals surface area contributed by atoms with Crippen molar-refractivity contribution in [3.05, 3.63) is 35.6 Å². The lowest BCUT2D eigenvalue weighted by Gasteiger charge is -2.37. The van der Waals surface area contributed by atoms with E-state index >= 15 is 0 Å². The number of rotatable bonds is 4. The van der Waals surface area contributed by atoms with Crippen molar-refractivity contribution in [3.63, 3.8) is 0 Å². The van der Waals surface area contributed by atoms with Crippen molar-refractivity contribution in [2.75, 3.05) is 6.61 Å². The smallest absolute Gasteiger partial charge is 0.328 e. The molecule has 1 heterocycles. The second kappa shape index (κ2) is 4.94. The Balaban J connectivity index is 2.39. The maximum Gasteiger partial charge on any atom is 0.328 e. The standard InChI is InChI=1S/C12H13FN2O4/c13-9-3-1-8(2-4-9)12(19,7-16)15-10(11(17)18)5-6-14-15/h1-4,6,10,16,19H,5,7H2,(H,17,18)/t10-,12-/m0/s1. The van der Waals surface area contributed by atoms with Crippen molar-refractivity contribution in [1.29, 1.82) is 0 Å². The number of carboxylic acid groups (broad SMARTS) is 1. The highest BCUT2D eigenvalue weighted by Crippen LogP contribution is 2.31. The Morgan fingerprint density at radius 1 is 1.47 bits per heavy atom. The predicted octanol–water partition coefficient (Wildman–Crippen LogP) is 0.108. The molecule has 102 valence electrons. The minimum atomic E-state index is -2.00. The molecule has 0 bridgehead atoms. The van der Waals surface area contributed by atoms with Crippen LogP contribution >= 0.6 is 0 Å². The van der Waals surface area contributed by atoms with Crippen molar-refractivity contribution < 1.29 is 24.5 Å². The van der Waals surface area contributed by atoms with Gasteiger partial charge in [-0.3, -0.25) is 0 Å². The molecule has 0 unspecified atom stereocenters. The number of benzene rings is 1. The fraction of sp³-hybridized carbons (Fsp3) is 0.333. The number of aliphatic hydroxyl groups is 2. The summed E-state index contributed by atoms with van der Waals surface area (Å²) in [5.41, 5.74) is -1.83. The maximum absolute atomic E-state index is 12.9. The summed E-state index contributed by atoms with van der Waals surface area (Å²) in [5, 5.41) is 33.7. The van der Waals surface area contributed by atoms with Gasteiger partial charge in [0.1, 0.15) is 5.82 Å². The van der Waals surface area contributed by atoms with Crippen LogP contribution in [0.25, 0.3) is 0 Å². The molecule has 0 fully saturated rings. The van der Waals surface area contributed by atoms with Gasteiger partial charge < -0.3 is 15.3 Å². The first-order valence-electron chi connectivity index (χ1n) is 5.63. The van der Waals surface area contributed by atoms with Gasteiger partial charge in [-0.1, -0.05) is 12.1 Å². The highest BCUT2D eigenvalue weighted by Gasteiger charge is 2.44. The number of hydrazone groups is 1. The minimum Gasteiger partial charge on any atom is -0.480 e. The van der Waals surface area contributed by atoms with Gasteiger partial charge in [-0.2, -0.15) is 5.10 Å². The molecule has 0 saturated carbocycles. The van der Waals surface area contributed by atoms with E-state index in [1.54, 1.807) is 0 Å². The number of aliphatic carboxylic acids is 1. The molecule has 3 N–H and O–H groups in total. The minimum absolute atomic E-state index is 0.124. The molecule has 0 spiro atoms. The molecule has 0 radical (unpaired) electrons. The Bertz CT molecular complexity index is 505. The van der Waals surface area contributed by atoms with E-state index < -0.39 is 30.2 Å². The van der Waals surface area contributed by atoms with E-state index in [0.29, 0.717) is 0 Å². The Morgan fingerprint density at radius 3 is 2.63 bits per heavy atom. The SMILES string of the molecule is O=C(O)[C@@H]1CC=NN1[C@](O)(CO)c1ccc(F)cc1. The van der Waals surface area contributed by atoms with Crippen LogP contribution in [0.5, 0.6) is 0 Å². The van der Waals surface area contributed by atoms with Gasteiger partial charge in [-0.15, -0.1) is 0 Å². The molecule has 2 rings (SSSR count). The van der Waals surface area contributed by atoms with E-state index in [4.69, 9.17) is 5.11 Å². The van der Waals surface area contributed by atoms with Crippen molar-refractivity contribution in [3.8, 4) is 0 Å². The van der Waals surface area contributed by atoms with Gasteiger partial charge in [0, 0.05) is 18.2 Å². The van der Waals surface area contributed by atoms with Gasteiger partial charge in [0.2, 0.25) is 5.72 Å². The van der Waals surface area contributed by atoms with E-state index in [1.807, 2.05) is 0 Å². The Morgan fingerprint density at radius 2 is 2.11 bits per heavy atom. The third kappa shape index (κ3) is 2.29. The summed E-state index contributed by atoms with van der Waals surface area (Å²) in [7, 11) is 0. The van der Waals surface area contributed by atoms with Crippen molar-refractivity contribution in [2.24, 2.45) is 5.10 Å². The van der Waals surface area contributed by atoms with Gasteiger partial charge in [0.25, 0.3) is 0 Å². The average Bonchev–Trinajstić information content (AvgIpc) is 2.88. The topological polar surface area (TPSA) is 93.4 Å². The van der Waals surface area contributed by atoms with Gasteiger partial charge >= 0.3 is 5.97 Å². The van der Waals surface area contributed by atoms with Crippen LogP contribution in [0.2, 0.25) is 0 Å². The molecule has 1 aliphatic heterocycles. The van der Waals surface area contributed by atoms with E-state index in [-0.39, 0.29) is 12.0 Å². The second-order valence-electron chi connectivity index (χ2n) is 4.21. The first-order valence-corrected chi connectivity index (χ1v) is 5.63. The third-order valence-electron chi connectivity index (χ3n) is 3.02. The predicted molar refractivity (Wildman–Crippen MR) is 63.8 cm³/mol. The lowest BCUT2D eigenvalue weighted by molar-refractivity contribution is -0.176. The summed E-state index contributed by atoms with van der Waals surface area (Å²) in [5.74, 6) is -1.66. The van der Waals surface area contributed by atoms with Crippen LogP contribution < -0.4 is 0 Å². The second-order valence-corrected chi connectivity index (χ2v) is 4.21. The summed E-state index contributed by atoms with van der Waals surface area (Å²) in [4.78, 5) is 11.1. The number of hydrogen-bond acceptors (Lipinski definition) is 5. The molecule has 0 saturated heterocycles. The molecule has 1 aromatic carbocycles. The van der Waals surface area contributed by atoms with Gasteiger partial charge in [0.05, 0.1) is 6.61 Å². The molecular formula is C12H13FN2O4. The molecule has 0 amide bonds. The van der Waals surface area contributed by atoms with E-state index in [1.165, 1.54) is 18.3 Å². The number of halogens is 1. The third-order valence-corrected chi connectivity index (χ3v) is 3.02. The van der Waals surface area contributed by atoms with Gasteiger partial charge in [-0.05, 0) is 12.1 Å². The lowest BCUT2D eigenvalue weighted by atomic mass is 10.0. The number of nitrogens with zero attached hydrogens (tertiary/aromatic N) is 2. The lowest BCUT2D eigenvalue weighted by Crippen LogP contribution is -2.51. The van der Waals surface area contributed by atoms with Crippen molar-refractivity contribution in [1.82, 2.24) is 5.01 Å². The number of aliphatic hydroxyl groups excluding tert-OH is 1. The molecule has 2 atom stereocenters. The summed E-state index contributed by atoms with van der Waals surface area (Å²) < 4.78 is 12.9. The van der Waals surface area contributed by atoms with E-state index in [9.17, 15) is 19.4 Å². The number of carboxylic acids is 1. The Hall–Kier alpha value is -1.99. The Labute approximate surface area is 108 Å². The average molecular weight is 268 g/mol. The fourth-order valence-corrected chi connectivity index (χ4v) is 1.99. The zero-order chi connectivity index (χ0) is 14.0. The summed E-state index contributed by atoms with van der Waals surface area (Å²) >= 11 is 0. The maximum atomic E-state index is 12.9. The van der Waals surface area contributed by atoms with Crippen molar-refractivity contribution in [2.45, 2.75) is 18.2 Å². The largest absolute Gasteiger partial charge is 0.480 e. The molecule has 1 aliphatic rings. The molecule has 19 heavy (non-hydrogen) atoms. The summed E-state index contributed by atoms with van der Waals surface area (Å²) in [6, 6.07) is 3.72. The fourth-order valence-electron chi connectivity index (χ4n) is 1.99. The zero-order valence-corrected chi connectivity index (χ0v) is 9.90. The Kier molecular flexibility index (Phi) is 3.50. The quantitative estimate of drug-likeness (QED) is 0.720. The molecule has 0 aromatic heterocycles. The van der Waals surface area contributed by atoms with E-state index in [2.05, 4.69) is 5.10 Å². The van der Waals surface area contributed by atoms with E-state index in [0.717, 1.165) is 17.1 Å². The van der Waals surface area contributed by atoms with Crippen LogP contribution in [-0.4, -0.2) is 45.2 Å². The first-order chi connectivity index (χ1) is 8.99. The van der Waals surface area contributed by atoms with Crippen LogP contribution in [0, 0.1) is 5.82 Å². The summed E-state index contributed by atoms with van der Waals surface area (Å²) in [6.07, 6.45) is 1.47. The van der Waals surface area contributed by atoms with Crippen LogP contribution in [-0.2, 0) is 10.5 Å². The first kappa shape index (κ1) is 13.4. The van der Waals surface area contributed by atoms with Crippen molar-refractivity contribution >= 4 is 12.2 Å². The highest BCUT2D eigenvalue weighted by atomic mass is 19.1. The van der Waals surface area contributed by atoms with Crippen LogP contribution in [0.3, 0.4) is 0 Å². The monoisotopic (exact) mass is 268 g/mol. The van der Waals surface area contributed by atoms with Crippen LogP contribution in [0.1, 0.15) is 12.0 Å². The molecule has 1 aromatic rings.